The molecule has 4 nitrogen and oxygen atoms in total. The van der Waals surface area contributed by atoms with E-state index >= 15 is 0 Å². The van der Waals surface area contributed by atoms with Crippen molar-refractivity contribution < 1.29 is 0 Å². The fraction of sp³-hybridized carbons (Fsp3) is 0.190. The first-order chi connectivity index (χ1) is 12.7. The molecular formula is C21H19ClN4. The molecule has 0 N–H and O–H groups in total. The zero-order valence-corrected chi connectivity index (χ0v) is 15.7. The first-order valence-corrected chi connectivity index (χ1v) is 8.92. The number of nitriles is 1. The number of aryl methyl sites for hydroxylation is 1. The van der Waals surface area contributed by atoms with Crippen LogP contribution < -0.4 is 0 Å². The second-order valence-corrected chi connectivity index (χ2v) is 6.22. The number of aromatic nitrogens is 3. The summed E-state index contributed by atoms with van der Waals surface area (Å²) in [6.07, 6.45) is 5.40. The van der Waals surface area contributed by atoms with Gasteiger partial charge in [0.1, 0.15) is 11.8 Å². The summed E-state index contributed by atoms with van der Waals surface area (Å²) < 4.78 is 2.15. The molecule has 0 bridgehead atoms. The molecule has 0 amide bonds. The van der Waals surface area contributed by atoms with E-state index in [1.807, 2.05) is 39.0 Å². The number of hydrogen-bond donors (Lipinski definition) is 0. The van der Waals surface area contributed by atoms with Crippen LogP contribution in [-0.4, -0.2) is 14.5 Å². The van der Waals surface area contributed by atoms with Gasteiger partial charge in [-0.15, -0.1) is 0 Å². The van der Waals surface area contributed by atoms with Gasteiger partial charge in [0.05, 0.1) is 16.1 Å². The van der Waals surface area contributed by atoms with Gasteiger partial charge in [-0.2, -0.15) is 5.26 Å². The molecule has 130 valence electrons. The topological polar surface area (TPSA) is 54.5 Å². The molecule has 0 aliphatic carbocycles. The van der Waals surface area contributed by atoms with Crippen LogP contribution >= 0.6 is 11.6 Å². The molecule has 0 aliphatic heterocycles. The van der Waals surface area contributed by atoms with Crippen molar-refractivity contribution in [3.8, 4) is 6.07 Å². The molecule has 0 atom stereocenters. The van der Waals surface area contributed by atoms with Crippen LogP contribution in [0.4, 0.5) is 0 Å². The molecule has 0 unspecified atom stereocenters. The SMILES string of the molecule is CC.Cc1cn(Cc2ccc3ncc(Cl)cc3c2)c2ccnc(C#N)c12. The first-order valence-electron chi connectivity index (χ1n) is 8.54. The summed E-state index contributed by atoms with van der Waals surface area (Å²) >= 11 is 6.04. The van der Waals surface area contributed by atoms with Crippen LogP contribution in [0.3, 0.4) is 0 Å². The van der Waals surface area contributed by atoms with Gasteiger partial charge in [-0.1, -0.05) is 31.5 Å². The van der Waals surface area contributed by atoms with Gasteiger partial charge in [-0.05, 0) is 42.3 Å². The highest BCUT2D eigenvalue weighted by molar-refractivity contribution is 6.31. The third-order valence-electron chi connectivity index (χ3n) is 4.15. The quantitative estimate of drug-likeness (QED) is 0.473. The van der Waals surface area contributed by atoms with Crippen molar-refractivity contribution in [2.75, 3.05) is 0 Å². The molecule has 4 rings (SSSR count). The van der Waals surface area contributed by atoms with Crippen molar-refractivity contribution in [2.45, 2.75) is 27.3 Å². The normalized spacial score (nSPS) is 10.4. The predicted octanol–water partition coefficient (Wildman–Crippen LogP) is 5.49. The van der Waals surface area contributed by atoms with Gasteiger partial charge in [0.2, 0.25) is 0 Å². The first kappa shape index (κ1) is 17.9. The largest absolute Gasteiger partial charge is 0.343 e. The maximum Gasteiger partial charge on any atom is 0.150 e. The van der Waals surface area contributed by atoms with E-state index in [0.29, 0.717) is 17.3 Å². The summed E-state index contributed by atoms with van der Waals surface area (Å²) in [5.74, 6) is 0. The molecule has 26 heavy (non-hydrogen) atoms. The maximum absolute atomic E-state index is 9.26. The van der Waals surface area contributed by atoms with Gasteiger partial charge in [0, 0.05) is 35.9 Å². The molecule has 0 fully saturated rings. The number of rotatable bonds is 2. The summed E-state index contributed by atoms with van der Waals surface area (Å²) in [5.41, 5.74) is 4.62. The number of hydrogen-bond acceptors (Lipinski definition) is 3. The molecule has 3 aromatic heterocycles. The Morgan fingerprint density at radius 2 is 1.96 bits per heavy atom. The minimum Gasteiger partial charge on any atom is -0.343 e. The van der Waals surface area contributed by atoms with E-state index in [1.54, 1.807) is 12.4 Å². The molecule has 5 heteroatoms. The van der Waals surface area contributed by atoms with Crippen LogP contribution in [0.25, 0.3) is 21.8 Å². The summed E-state index contributed by atoms with van der Waals surface area (Å²) in [5, 5.41) is 11.8. The lowest BCUT2D eigenvalue weighted by atomic mass is 10.1. The van der Waals surface area contributed by atoms with Crippen LogP contribution in [0.2, 0.25) is 5.02 Å². The van der Waals surface area contributed by atoms with Crippen molar-refractivity contribution in [3.05, 3.63) is 70.8 Å². The number of pyridine rings is 2. The lowest BCUT2D eigenvalue weighted by molar-refractivity contribution is 0.835. The van der Waals surface area contributed by atoms with E-state index < -0.39 is 0 Å². The molecule has 1 aromatic carbocycles. The van der Waals surface area contributed by atoms with E-state index in [-0.39, 0.29) is 0 Å². The Balaban J connectivity index is 0.000000948. The Kier molecular flexibility index (Phi) is 5.20. The van der Waals surface area contributed by atoms with Gasteiger partial charge in [-0.25, -0.2) is 4.98 Å². The van der Waals surface area contributed by atoms with Gasteiger partial charge >= 0.3 is 0 Å². The average molecular weight is 363 g/mol. The molecule has 0 aliphatic rings. The Morgan fingerprint density at radius 1 is 1.15 bits per heavy atom. The van der Waals surface area contributed by atoms with Crippen LogP contribution in [0, 0.1) is 18.3 Å². The third kappa shape index (κ3) is 3.26. The monoisotopic (exact) mass is 362 g/mol. The van der Waals surface area contributed by atoms with Crippen molar-refractivity contribution in [1.82, 2.24) is 14.5 Å². The minimum absolute atomic E-state index is 0.471. The van der Waals surface area contributed by atoms with Crippen molar-refractivity contribution >= 4 is 33.4 Å². The summed E-state index contributed by atoms with van der Waals surface area (Å²) in [7, 11) is 0. The summed E-state index contributed by atoms with van der Waals surface area (Å²) in [4.78, 5) is 8.48. The lowest BCUT2D eigenvalue weighted by Gasteiger charge is -2.07. The third-order valence-corrected chi connectivity index (χ3v) is 4.36. The number of benzene rings is 1. The Bertz CT molecular complexity index is 1120. The fourth-order valence-corrected chi connectivity index (χ4v) is 3.28. The van der Waals surface area contributed by atoms with Gasteiger partial charge in [0.15, 0.2) is 0 Å². The van der Waals surface area contributed by atoms with Crippen molar-refractivity contribution in [2.24, 2.45) is 0 Å². The fourth-order valence-electron chi connectivity index (χ4n) is 3.11. The second-order valence-electron chi connectivity index (χ2n) is 5.79. The molecule has 0 spiro atoms. The Morgan fingerprint density at radius 3 is 2.73 bits per heavy atom. The number of fused-ring (bicyclic) bond motifs is 2. The van der Waals surface area contributed by atoms with E-state index in [4.69, 9.17) is 11.6 Å². The molecule has 3 heterocycles. The predicted molar refractivity (Wildman–Crippen MR) is 106 cm³/mol. The molecule has 0 saturated heterocycles. The number of nitrogens with zero attached hydrogens (tertiary/aromatic N) is 4. The maximum atomic E-state index is 9.26. The standard InChI is InChI=1S/C19H13ClN4.C2H6/c1-12-10-24(18-4-5-22-17(8-21)19(12)18)11-13-2-3-16-14(6-13)7-15(20)9-23-16;1-2/h2-7,9-10H,11H2,1H3;1-2H3. The zero-order valence-electron chi connectivity index (χ0n) is 15.0. The van der Waals surface area contributed by atoms with Gasteiger partial charge < -0.3 is 4.57 Å². The van der Waals surface area contributed by atoms with Crippen LogP contribution in [-0.2, 0) is 6.54 Å². The summed E-state index contributed by atoms with van der Waals surface area (Å²) in [6.45, 7) is 6.72. The van der Waals surface area contributed by atoms with Crippen LogP contribution in [0.1, 0.15) is 30.7 Å². The highest BCUT2D eigenvalue weighted by Gasteiger charge is 2.11. The van der Waals surface area contributed by atoms with Crippen molar-refractivity contribution in [3.63, 3.8) is 0 Å². The van der Waals surface area contributed by atoms with Gasteiger partial charge in [0.25, 0.3) is 0 Å². The average Bonchev–Trinajstić information content (AvgIpc) is 2.99. The molecule has 0 saturated carbocycles. The summed E-state index contributed by atoms with van der Waals surface area (Å²) in [6, 6.07) is 12.2. The van der Waals surface area contributed by atoms with E-state index in [1.165, 1.54) is 0 Å². The van der Waals surface area contributed by atoms with E-state index in [9.17, 15) is 5.26 Å². The minimum atomic E-state index is 0.471. The molecule has 4 aromatic rings. The van der Waals surface area contributed by atoms with E-state index in [2.05, 4.69) is 38.9 Å². The second kappa shape index (κ2) is 7.55. The number of halogens is 1. The van der Waals surface area contributed by atoms with Crippen LogP contribution in [0.15, 0.2) is 48.9 Å². The smallest absolute Gasteiger partial charge is 0.150 e. The van der Waals surface area contributed by atoms with Crippen LogP contribution in [0.5, 0.6) is 0 Å². The highest BCUT2D eigenvalue weighted by Crippen LogP contribution is 2.25. The molecular weight excluding hydrogens is 344 g/mol. The van der Waals surface area contributed by atoms with Crippen molar-refractivity contribution in [1.29, 1.82) is 5.26 Å². The zero-order chi connectivity index (χ0) is 18.7. The lowest BCUT2D eigenvalue weighted by Crippen LogP contribution is -1.98. The Hall–Kier alpha value is -2.90. The molecule has 0 radical (unpaired) electrons. The Labute approximate surface area is 157 Å². The van der Waals surface area contributed by atoms with E-state index in [0.717, 1.165) is 32.9 Å². The highest BCUT2D eigenvalue weighted by atomic mass is 35.5. The van der Waals surface area contributed by atoms with Gasteiger partial charge in [-0.3, -0.25) is 4.98 Å².